The first-order valence-electron chi connectivity index (χ1n) is 8.67. The number of nitrogens with zero attached hydrogens (tertiary/aromatic N) is 1. The first-order valence-corrected chi connectivity index (χ1v) is 10.5. The number of benzene rings is 2. The smallest absolute Gasteiger partial charge is 0.262 e. The summed E-state index contributed by atoms with van der Waals surface area (Å²) in [6, 6.07) is 7.89. The van der Waals surface area contributed by atoms with E-state index in [4.69, 9.17) is 16.3 Å². The topological polar surface area (TPSA) is 105 Å². The summed E-state index contributed by atoms with van der Waals surface area (Å²) < 4.78 is 32.2. The van der Waals surface area contributed by atoms with Gasteiger partial charge < -0.3 is 15.4 Å². The van der Waals surface area contributed by atoms with Crippen molar-refractivity contribution < 1.29 is 22.7 Å². The van der Waals surface area contributed by atoms with E-state index in [1.165, 1.54) is 19.2 Å². The third-order valence-electron chi connectivity index (χ3n) is 4.43. The Bertz CT molecular complexity index is 1100. The van der Waals surface area contributed by atoms with Crippen molar-refractivity contribution in [1.29, 1.82) is 0 Å². The van der Waals surface area contributed by atoms with E-state index in [2.05, 4.69) is 10.6 Å². The molecule has 29 heavy (non-hydrogen) atoms. The fourth-order valence-corrected chi connectivity index (χ4v) is 4.48. The van der Waals surface area contributed by atoms with Gasteiger partial charge in [0.1, 0.15) is 5.75 Å². The summed E-state index contributed by atoms with van der Waals surface area (Å²) in [7, 11) is -2.64. The molecule has 0 saturated carbocycles. The summed E-state index contributed by atoms with van der Waals surface area (Å²) in [6.45, 7) is 2.84. The normalized spacial score (nSPS) is 13.5. The SMILES string of the molecule is Cc1cc(Cl)ccc1NC(=O)CN(C)S(=O)(=O)c1cc2c(cc1C)NC(=O)CO2. The molecule has 2 aromatic carbocycles. The highest BCUT2D eigenvalue weighted by Gasteiger charge is 2.28. The van der Waals surface area contributed by atoms with Crippen molar-refractivity contribution >= 4 is 44.8 Å². The monoisotopic (exact) mass is 437 g/mol. The molecule has 3 rings (SSSR count). The van der Waals surface area contributed by atoms with Gasteiger partial charge in [0.25, 0.3) is 5.91 Å². The molecule has 0 unspecified atom stereocenters. The van der Waals surface area contributed by atoms with E-state index in [1.807, 2.05) is 0 Å². The predicted molar refractivity (Wildman–Crippen MR) is 110 cm³/mol. The van der Waals surface area contributed by atoms with Crippen LogP contribution in [0.15, 0.2) is 35.2 Å². The minimum Gasteiger partial charge on any atom is -0.482 e. The third-order valence-corrected chi connectivity index (χ3v) is 6.61. The lowest BCUT2D eigenvalue weighted by Gasteiger charge is -2.22. The molecule has 2 amide bonds. The van der Waals surface area contributed by atoms with E-state index in [1.54, 1.807) is 32.0 Å². The van der Waals surface area contributed by atoms with Crippen LogP contribution < -0.4 is 15.4 Å². The van der Waals surface area contributed by atoms with Crippen molar-refractivity contribution in [2.45, 2.75) is 18.7 Å². The van der Waals surface area contributed by atoms with Gasteiger partial charge >= 0.3 is 0 Å². The number of carbonyl (C=O) groups is 2. The molecule has 1 heterocycles. The maximum Gasteiger partial charge on any atom is 0.262 e. The van der Waals surface area contributed by atoms with Gasteiger partial charge in [-0.2, -0.15) is 4.31 Å². The first-order chi connectivity index (χ1) is 13.6. The molecule has 0 atom stereocenters. The number of aryl methyl sites for hydroxylation is 2. The molecule has 0 fully saturated rings. The van der Waals surface area contributed by atoms with E-state index in [9.17, 15) is 18.0 Å². The average Bonchev–Trinajstić information content (AvgIpc) is 2.63. The fraction of sp³-hybridized carbons (Fsp3) is 0.263. The highest BCUT2D eigenvalue weighted by Crippen LogP contribution is 2.33. The Labute approximate surface area is 173 Å². The molecule has 10 heteroatoms. The first kappa shape index (κ1) is 21.1. The Hall–Kier alpha value is -2.62. The quantitative estimate of drug-likeness (QED) is 0.747. The molecule has 154 valence electrons. The molecule has 8 nitrogen and oxygen atoms in total. The molecule has 0 bridgehead atoms. The van der Waals surface area contributed by atoms with E-state index in [0.717, 1.165) is 9.87 Å². The molecular formula is C19H20ClN3O5S. The van der Waals surface area contributed by atoms with Crippen molar-refractivity contribution in [1.82, 2.24) is 4.31 Å². The number of ether oxygens (including phenoxy) is 1. The number of rotatable bonds is 5. The van der Waals surface area contributed by atoms with Gasteiger partial charge in [0.05, 0.1) is 17.1 Å². The Balaban J connectivity index is 1.78. The number of hydrogen-bond acceptors (Lipinski definition) is 5. The zero-order chi connectivity index (χ0) is 21.3. The average molecular weight is 438 g/mol. The van der Waals surface area contributed by atoms with Crippen LogP contribution in [-0.2, 0) is 19.6 Å². The zero-order valence-electron chi connectivity index (χ0n) is 16.1. The molecule has 2 aromatic rings. The summed E-state index contributed by atoms with van der Waals surface area (Å²) in [5, 5.41) is 5.86. The summed E-state index contributed by atoms with van der Waals surface area (Å²) in [5.74, 6) is -0.525. The van der Waals surface area contributed by atoms with Crippen molar-refractivity contribution in [3.8, 4) is 5.75 Å². The van der Waals surface area contributed by atoms with Crippen molar-refractivity contribution in [3.63, 3.8) is 0 Å². The van der Waals surface area contributed by atoms with Crippen molar-refractivity contribution in [2.24, 2.45) is 0 Å². The maximum absolute atomic E-state index is 13.0. The lowest BCUT2D eigenvalue weighted by Crippen LogP contribution is -2.35. The van der Waals surface area contributed by atoms with Crippen LogP contribution in [0.4, 0.5) is 11.4 Å². The Kier molecular flexibility index (Phi) is 5.83. The third kappa shape index (κ3) is 4.52. The van der Waals surface area contributed by atoms with Crippen LogP contribution in [0.1, 0.15) is 11.1 Å². The molecule has 0 aliphatic carbocycles. The number of amides is 2. The summed E-state index contributed by atoms with van der Waals surface area (Å²) in [6.07, 6.45) is 0. The number of hydrogen-bond donors (Lipinski definition) is 2. The van der Waals surface area contributed by atoms with Gasteiger partial charge in [0, 0.05) is 23.8 Å². The van der Waals surface area contributed by atoms with Gasteiger partial charge in [-0.25, -0.2) is 8.42 Å². The second kappa shape index (κ2) is 8.02. The predicted octanol–water partition coefficient (Wildman–Crippen LogP) is 2.55. The van der Waals surface area contributed by atoms with Gasteiger partial charge in [-0.05, 0) is 49.2 Å². The van der Waals surface area contributed by atoms with Crippen LogP contribution in [0.5, 0.6) is 5.75 Å². The molecule has 0 aromatic heterocycles. The molecule has 1 aliphatic rings. The van der Waals surface area contributed by atoms with Gasteiger partial charge in [-0.3, -0.25) is 9.59 Å². The second-order valence-corrected chi connectivity index (χ2v) is 9.17. The lowest BCUT2D eigenvalue weighted by molar-refractivity contribution is -0.118. The number of fused-ring (bicyclic) bond motifs is 1. The minimum atomic E-state index is -3.96. The van der Waals surface area contributed by atoms with Gasteiger partial charge in [0.2, 0.25) is 15.9 Å². The largest absolute Gasteiger partial charge is 0.482 e. The summed E-state index contributed by atoms with van der Waals surface area (Å²) in [4.78, 5) is 23.8. The molecule has 2 N–H and O–H groups in total. The lowest BCUT2D eigenvalue weighted by atomic mass is 10.2. The molecule has 0 radical (unpaired) electrons. The van der Waals surface area contributed by atoms with Crippen LogP contribution in [0, 0.1) is 13.8 Å². The molecule has 0 spiro atoms. The van der Waals surface area contributed by atoms with Gasteiger partial charge in [-0.15, -0.1) is 0 Å². The van der Waals surface area contributed by atoms with Crippen LogP contribution in [0.2, 0.25) is 5.02 Å². The summed E-state index contributed by atoms with van der Waals surface area (Å²) in [5.41, 5.74) is 2.16. The Morgan fingerprint density at radius 2 is 1.97 bits per heavy atom. The van der Waals surface area contributed by atoms with Crippen LogP contribution in [-0.4, -0.2) is 44.7 Å². The van der Waals surface area contributed by atoms with Gasteiger partial charge in [0.15, 0.2) is 6.61 Å². The highest BCUT2D eigenvalue weighted by atomic mass is 35.5. The zero-order valence-corrected chi connectivity index (χ0v) is 17.6. The second-order valence-electron chi connectivity index (χ2n) is 6.72. The maximum atomic E-state index is 13.0. The van der Waals surface area contributed by atoms with Crippen LogP contribution >= 0.6 is 11.6 Å². The highest BCUT2D eigenvalue weighted by molar-refractivity contribution is 7.89. The number of sulfonamides is 1. The Morgan fingerprint density at radius 3 is 2.66 bits per heavy atom. The van der Waals surface area contributed by atoms with Crippen molar-refractivity contribution in [3.05, 3.63) is 46.5 Å². The number of carbonyl (C=O) groups excluding carboxylic acids is 2. The Morgan fingerprint density at radius 1 is 1.24 bits per heavy atom. The number of nitrogens with one attached hydrogen (secondary N) is 2. The number of likely N-dealkylation sites (N-methyl/N-ethyl adjacent to an activating group) is 1. The van der Waals surface area contributed by atoms with Gasteiger partial charge in [-0.1, -0.05) is 11.6 Å². The molecule has 0 saturated heterocycles. The fourth-order valence-electron chi connectivity index (χ4n) is 2.91. The number of anilines is 2. The van der Waals surface area contributed by atoms with Crippen molar-refractivity contribution in [2.75, 3.05) is 30.8 Å². The van der Waals surface area contributed by atoms with E-state index in [-0.39, 0.29) is 29.7 Å². The molecule has 1 aliphatic heterocycles. The van der Waals surface area contributed by atoms with E-state index >= 15 is 0 Å². The number of halogens is 1. The van der Waals surface area contributed by atoms with Crippen LogP contribution in [0.25, 0.3) is 0 Å². The standard InChI is InChI=1S/C19H20ClN3O5S/c1-11-6-13(20)4-5-14(11)21-18(24)9-23(3)29(26,27)17-8-16-15(7-12(17)2)22-19(25)10-28-16/h4-8H,9-10H2,1-3H3,(H,21,24)(H,22,25). The van der Waals surface area contributed by atoms with Crippen LogP contribution in [0.3, 0.4) is 0 Å². The summed E-state index contributed by atoms with van der Waals surface area (Å²) >= 11 is 5.91. The van der Waals surface area contributed by atoms with E-state index in [0.29, 0.717) is 22.0 Å². The molecular weight excluding hydrogens is 418 g/mol. The van der Waals surface area contributed by atoms with E-state index < -0.39 is 15.9 Å². The minimum absolute atomic E-state index is 0.00497.